The number of esters is 1. The molecule has 2 rings (SSSR count). The van der Waals surface area contributed by atoms with E-state index >= 15 is 0 Å². The van der Waals surface area contributed by atoms with Crippen molar-refractivity contribution in [2.24, 2.45) is 0 Å². The lowest BCUT2D eigenvalue weighted by atomic mass is 10.0. The minimum atomic E-state index is -0.440. The standard InChI is InChI=1S/C16H16ClNO2/c1-3-13-14(11-8-6-5-7-9-11)15(17)12(10-18-13)16(19)20-4-2/h5-10H,3-4H2,1-2H3. The zero-order valence-corrected chi connectivity index (χ0v) is 12.3. The Labute approximate surface area is 123 Å². The summed E-state index contributed by atoms with van der Waals surface area (Å²) < 4.78 is 5.01. The van der Waals surface area contributed by atoms with Gasteiger partial charge in [-0.15, -0.1) is 0 Å². The SMILES string of the molecule is CCOC(=O)c1cnc(CC)c(-c2ccccc2)c1Cl. The molecule has 0 aliphatic rings. The van der Waals surface area contributed by atoms with Crippen LogP contribution in [0.15, 0.2) is 36.5 Å². The van der Waals surface area contributed by atoms with Crippen LogP contribution in [-0.2, 0) is 11.2 Å². The molecule has 4 heteroatoms. The summed E-state index contributed by atoms with van der Waals surface area (Å²) in [7, 11) is 0. The molecule has 0 unspecified atom stereocenters. The lowest BCUT2D eigenvalue weighted by Crippen LogP contribution is -2.08. The van der Waals surface area contributed by atoms with Crippen LogP contribution in [-0.4, -0.2) is 17.6 Å². The fourth-order valence-electron chi connectivity index (χ4n) is 2.04. The van der Waals surface area contributed by atoms with Crippen LogP contribution in [0.2, 0.25) is 5.02 Å². The first-order valence-electron chi connectivity index (χ1n) is 6.58. The van der Waals surface area contributed by atoms with Crippen LogP contribution in [0.25, 0.3) is 11.1 Å². The second-order valence-corrected chi connectivity index (χ2v) is 4.63. The van der Waals surface area contributed by atoms with Gasteiger partial charge in [-0.3, -0.25) is 4.98 Å². The van der Waals surface area contributed by atoms with E-state index in [2.05, 4.69) is 4.98 Å². The molecule has 1 heterocycles. The molecule has 20 heavy (non-hydrogen) atoms. The van der Waals surface area contributed by atoms with E-state index < -0.39 is 5.97 Å². The van der Waals surface area contributed by atoms with Crippen LogP contribution in [0, 0.1) is 0 Å². The molecular weight excluding hydrogens is 274 g/mol. The van der Waals surface area contributed by atoms with Gasteiger partial charge in [0.25, 0.3) is 0 Å². The van der Waals surface area contributed by atoms with E-state index in [0.29, 0.717) is 17.2 Å². The first-order valence-corrected chi connectivity index (χ1v) is 6.96. The van der Waals surface area contributed by atoms with Gasteiger partial charge in [0.05, 0.1) is 17.2 Å². The minimum Gasteiger partial charge on any atom is -0.462 e. The Morgan fingerprint density at radius 2 is 1.95 bits per heavy atom. The van der Waals surface area contributed by atoms with E-state index in [0.717, 1.165) is 23.2 Å². The van der Waals surface area contributed by atoms with Gasteiger partial charge in [-0.05, 0) is 18.9 Å². The number of carbonyl (C=O) groups excluding carboxylic acids is 1. The van der Waals surface area contributed by atoms with Crippen LogP contribution < -0.4 is 0 Å². The predicted molar refractivity (Wildman–Crippen MR) is 80.0 cm³/mol. The number of rotatable bonds is 4. The number of hydrogen-bond acceptors (Lipinski definition) is 3. The average molecular weight is 290 g/mol. The molecule has 0 bridgehead atoms. The average Bonchev–Trinajstić information content (AvgIpc) is 2.47. The van der Waals surface area contributed by atoms with E-state index in [4.69, 9.17) is 16.3 Å². The molecule has 0 spiro atoms. The highest BCUT2D eigenvalue weighted by atomic mass is 35.5. The summed E-state index contributed by atoms with van der Waals surface area (Å²) in [6.45, 7) is 4.08. The van der Waals surface area contributed by atoms with Crippen molar-refractivity contribution >= 4 is 17.6 Å². The highest BCUT2D eigenvalue weighted by Crippen LogP contribution is 2.33. The first kappa shape index (κ1) is 14.5. The second kappa shape index (κ2) is 6.53. The molecular formula is C16H16ClNO2. The van der Waals surface area contributed by atoms with E-state index in [1.54, 1.807) is 6.92 Å². The van der Waals surface area contributed by atoms with Crippen LogP contribution >= 0.6 is 11.6 Å². The maximum absolute atomic E-state index is 11.9. The highest BCUT2D eigenvalue weighted by Gasteiger charge is 2.19. The number of hydrogen-bond donors (Lipinski definition) is 0. The smallest absolute Gasteiger partial charge is 0.341 e. The number of ether oxygens (including phenoxy) is 1. The summed E-state index contributed by atoms with van der Waals surface area (Å²) >= 11 is 6.42. The number of nitrogens with zero attached hydrogens (tertiary/aromatic N) is 1. The van der Waals surface area contributed by atoms with Crippen molar-refractivity contribution in [1.82, 2.24) is 4.98 Å². The molecule has 0 saturated carbocycles. The van der Waals surface area contributed by atoms with Gasteiger partial charge in [0.15, 0.2) is 0 Å². The third-order valence-electron chi connectivity index (χ3n) is 2.99. The minimum absolute atomic E-state index is 0.310. The lowest BCUT2D eigenvalue weighted by Gasteiger charge is -2.12. The molecule has 2 aromatic rings. The van der Waals surface area contributed by atoms with Gasteiger partial charge < -0.3 is 4.74 Å². The van der Waals surface area contributed by atoms with Crippen molar-refractivity contribution in [3.8, 4) is 11.1 Å². The maximum Gasteiger partial charge on any atom is 0.341 e. The van der Waals surface area contributed by atoms with Gasteiger partial charge >= 0.3 is 5.97 Å². The number of aryl methyl sites for hydroxylation is 1. The summed E-state index contributed by atoms with van der Waals surface area (Å²) in [6.07, 6.45) is 2.23. The summed E-state index contributed by atoms with van der Waals surface area (Å²) in [4.78, 5) is 16.3. The third-order valence-corrected chi connectivity index (χ3v) is 3.38. The van der Waals surface area contributed by atoms with Gasteiger partial charge in [0.1, 0.15) is 0 Å². The Kier molecular flexibility index (Phi) is 4.74. The number of halogens is 1. The summed E-state index contributed by atoms with van der Waals surface area (Å²) in [5, 5.41) is 0.404. The van der Waals surface area contributed by atoms with Gasteiger partial charge in [-0.2, -0.15) is 0 Å². The molecule has 0 N–H and O–H groups in total. The zero-order valence-electron chi connectivity index (χ0n) is 11.5. The van der Waals surface area contributed by atoms with E-state index in [1.807, 2.05) is 37.3 Å². The molecule has 1 aromatic carbocycles. The largest absolute Gasteiger partial charge is 0.462 e. The summed E-state index contributed by atoms with van der Waals surface area (Å²) in [5.41, 5.74) is 2.94. The zero-order chi connectivity index (χ0) is 14.5. The second-order valence-electron chi connectivity index (χ2n) is 4.25. The third kappa shape index (κ3) is 2.83. The Morgan fingerprint density at radius 3 is 2.55 bits per heavy atom. The lowest BCUT2D eigenvalue weighted by molar-refractivity contribution is 0.0526. The Bertz CT molecular complexity index is 611. The van der Waals surface area contributed by atoms with Crippen molar-refractivity contribution in [3.05, 3.63) is 52.8 Å². The maximum atomic E-state index is 11.9. The van der Waals surface area contributed by atoms with Crippen LogP contribution in [0.1, 0.15) is 29.9 Å². The van der Waals surface area contributed by atoms with Crippen molar-refractivity contribution < 1.29 is 9.53 Å². The van der Waals surface area contributed by atoms with E-state index in [1.165, 1.54) is 6.20 Å². The first-order chi connectivity index (χ1) is 9.69. The normalized spacial score (nSPS) is 10.3. The van der Waals surface area contributed by atoms with E-state index in [9.17, 15) is 4.79 Å². The highest BCUT2D eigenvalue weighted by molar-refractivity contribution is 6.36. The Balaban J connectivity index is 2.59. The molecule has 1 aromatic heterocycles. The van der Waals surface area contributed by atoms with Gasteiger partial charge in [0.2, 0.25) is 0 Å². The Morgan fingerprint density at radius 1 is 1.25 bits per heavy atom. The fraction of sp³-hybridized carbons (Fsp3) is 0.250. The summed E-state index contributed by atoms with van der Waals surface area (Å²) in [6, 6.07) is 9.71. The van der Waals surface area contributed by atoms with Crippen molar-refractivity contribution in [2.45, 2.75) is 20.3 Å². The summed E-state index contributed by atoms with van der Waals surface area (Å²) in [5.74, 6) is -0.440. The van der Waals surface area contributed by atoms with Crippen molar-refractivity contribution in [1.29, 1.82) is 0 Å². The number of benzene rings is 1. The van der Waals surface area contributed by atoms with Gasteiger partial charge in [-0.25, -0.2) is 4.79 Å². The molecule has 0 atom stereocenters. The molecule has 0 saturated heterocycles. The number of carbonyl (C=O) groups is 1. The number of aromatic nitrogens is 1. The molecule has 0 aliphatic carbocycles. The van der Waals surface area contributed by atoms with Gasteiger partial charge in [0, 0.05) is 17.5 Å². The molecule has 0 radical (unpaired) electrons. The molecule has 0 amide bonds. The monoisotopic (exact) mass is 289 g/mol. The van der Waals surface area contributed by atoms with E-state index in [-0.39, 0.29) is 0 Å². The molecule has 0 fully saturated rings. The van der Waals surface area contributed by atoms with Crippen LogP contribution in [0.5, 0.6) is 0 Å². The van der Waals surface area contributed by atoms with Crippen molar-refractivity contribution in [3.63, 3.8) is 0 Å². The molecule has 3 nitrogen and oxygen atoms in total. The van der Waals surface area contributed by atoms with Crippen LogP contribution in [0.3, 0.4) is 0 Å². The topological polar surface area (TPSA) is 39.2 Å². The Hall–Kier alpha value is -1.87. The fourth-order valence-corrected chi connectivity index (χ4v) is 2.39. The predicted octanol–water partition coefficient (Wildman–Crippen LogP) is 4.14. The molecule has 104 valence electrons. The van der Waals surface area contributed by atoms with Crippen LogP contribution in [0.4, 0.5) is 0 Å². The van der Waals surface area contributed by atoms with Gasteiger partial charge in [-0.1, -0.05) is 48.9 Å². The van der Waals surface area contributed by atoms with Crippen molar-refractivity contribution in [2.75, 3.05) is 6.61 Å². The quantitative estimate of drug-likeness (QED) is 0.794. The molecule has 0 aliphatic heterocycles. The number of pyridine rings is 1.